The van der Waals surface area contributed by atoms with E-state index in [1.54, 1.807) is 18.2 Å². The molecule has 3 unspecified atom stereocenters. The molecule has 128 valence electrons. The van der Waals surface area contributed by atoms with Crippen molar-refractivity contribution in [3.05, 3.63) is 33.8 Å². The number of nitrogens with zero attached hydrogens (tertiary/aromatic N) is 1. The second-order valence-corrected chi connectivity index (χ2v) is 7.36. The molecule has 24 heavy (non-hydrogen) atoms. The van der Waals surface area contributed by atoms with E-state index in [2.05, 4.69) is 16.7 Å². The van der Waals surface area contributed by atoms with Crippen LogP contribution < -0.4 is 10.6 Å². The molecule has 1 aromatic carbocycles. The third-order valence-corrected chi connectivity index (χ3v) is 5.22. The number of piperidine rings is 1. The number of nitriles is 1. The molecule has 3 atom stereocenters. The van der Waals surface area contributed by atoms with Crippen LogP contribution in [0.1, 0.15) is 12.0 Å². The number of amides is 2. The van der Waals surface area contributed by atoms with Gasteiger partial charge in [0.2, 0.25) is 11.8 Å². The molecular formula is C16H17Cl2N3O2S. The molecule has 0 aliphatic carbocycles. The van der Waals surface area contributed by atoms with Gasteiger partial charge in [0.1, 0.15) is 5.92 Å². The number of nitrogens with one attached hydrogen (secondary N) is 2. The van der Waals surface area contributed by atoms with Crippen molar-refractivity contribution in [1.82, 2.24) is 10.6 Å². The highest BCUT2D eigenvalue weighted by Gasteiger charge is 2.39. The summed E-state index contributed by atoms with van der Waals surface area (Å²) in [7, 11) is 0. The lowest BCUT2D eigenvalue weighted by Crippen LogP contribution is -2.52. The topological polar surface area (TPSA) is 82.0 Å². The van der Waals surface area contributed by atoms with Crippen molar-refractivity contribution in [2.45, 2.75) is 18.2 Å². The van der Waals surface area contributed by atoms with Gasteiger partial charge in [-0.1, -0.05) is 23.2 Å². The summed E-state index contributed by atoms with van der Waals surface area (Å²) in [4.78, 5) is 24.3. The van der Waals surface area contributed by atoms with Crippen LogP contribution in [-0.4, -0.2) is 30.0 Å². The minimum absolute atomic E-state index is 0.239. The Morgan fingerprint density at radius 2 is 2.08 bits per heavy atom. The van der Waals surface area contributed by atoms with Crippen LogP contribution >= 0.6 is 35.0 Å². The summed E-state index contributed by atoms with van der Waals surface area (Å²) in [6.45, 7) is 0.364. The number of halogens is 2. The Kier molecular flexibility index (Phi) is 6.79. The summed E-state index contributed by atoms with van der Waals surface area (Å²) in [5, 5.41) is 15.5. The molecule has 0 aromatic heterocycles. The van der Waals surface area contributed by atoms with Crippen molar-refractivity contribution < 1.29 is 9.59 Å². The predicted octanol–water partition coefficient (Wildman–Crippen LogP) is 2.62. The Hall–Kier alpha value is -1.42. The molecule has 0 bridgehead atoms. The Labute approximate surface area is 155 Å². The SMILES string of the molecule is CSC1NC(=O)C(C(=O)NCCc2cc(Cl)cc(Cl)c2)CC1C#N. The van der Waals surface area contributed by atoms with Gasteiger partial charge in [0.25, 0.3) is 0 Å². The van der Waals surface area contributed by atoms with Crippen LogP contribution in [0.5, 0.6) is 0 Å². The maximum atomic E-state index is 12.2. The van der Waals surface area contributed by atoms with Gasteiger partial charge in [-0.3, -0.25) is 9.59 Å². The Morgan fingerprint density at radius 1 is 1.42 bits per heavy atom. The average molecular weight is 386 g/mol. The van der Waals surface area contributed by atoms with Gasteiger partial charge < -0.3 is 10.6 Å². The zero-order chi connectivity index (χ0) is 17.7. The number of hydrogen-bond acceptors (Lipinski definition) is 4. The zero-order valence-corrected chi connectivity index (χ0v) is 15.3. The third-order valence-electron chi connectivity index (χ3n) is 3.83. The van der Waals surface area contributed by atoms with E-state index < -0.39 is 5.92 Å². The van der Waals surface area contributed by atoms with Gasteiger partial charge in [-0.15, -0.1) is 11.8 Å². The number of carbonyl (C=O) groups is 2. The molecule has 2 rings (SSSR count). The highest BCUT2D eigenvalue weighted by Crippen LogP contribution is 2.27. The Morgan fingerprint density at radius 3 is 2.67 bits per heavy atom. The van der Waals surface area contributed by atoms with E-state index in [1.807, 2.05) is 6.26 Å². The number of hydrogen-bond donors (Lipinski definition) is 2. The fourth-order valence-electron chi connectivity index (χ4n) is 2.60. The molecule has 1 aliphatic heterocycles. The van der Waals surface area contributed by atoms with Crippen LogP contribution in [0.25, 0.3) is 0 Å². The molecular weight excluding hydrogens is 369 g/mol. The molecule has 1 aliphatic rings. The molecule has 1 heterocycles. The third kappa shape index (κ3) is 4.79. The number of thioether (sulfide) groups is 1. The maximum absolute atomic E-state index is 12.2. The van der Waals surface area contributed by atoms with Gasteiger partial charge in [0, 0.05) is 16.6 Å². The summed E-state index contributed by atoms with van der Waals surface area (Å²) in [5.74, 6) is -1.90. The van der Waals surface area contributed by atoms with E-state index >= 15 is 0 Å². The van der Waals surface area contributed by atoms with Crippen molar-refractivity contribution in [2.75, 3.05) is 12.8 Å². The molecule has 1 saturated heterocycles. The van der Waals surface area contributed by atoms with Crippen LogP contribution in [0.4, 0.5) is 0 Å². The fourth-order valence-corrected chi connectivity index (χ4v) is 3.91. The average Bonchev–Trinajstić information content (AvgIpc) is 2.53. The van der Waals surface area contributed by atoms with E-state index in [0.717, 1.165) is 5.56 Å². The lowest BCUT2D eigenvalue weighted by atomic mass is 9.89. The van der Waals surface area contributed by atoms with Crippen LogP contribution in [0, 0.1) is 23.2 Å². The van der Waals surface area contributed by atoms with Crippen molar-refractivity contribution in [3.8, 4) is 6.07 Å². The standard InChI is InChI=1S/C16H17Cl2N3O2S/c1-24-16-10(8-19)6-13(15(23)21-16)14(22)20-3-2-9-4-11(17)7-12(18)5-9/h4-5,7,10,13,16H,2-3,6H2,1H3,(H,20,22)(H,21,23). The summed E-state index contributed by atoms with van der Waals surface area (Å²) in [5.41, 5.74) is 0.901. The van der Waals surface area contributed by atoms with Crippen molar-refractivity contribution in [2.24, 2.45) is 11.8 Å². The summed E-state index contributed by atoms with van der Waals surface area (Å²) >= 11 is 13.3. The largest absolute Gasteiger partial charge is 0.355 e. The minimum Gasteiger partial charge on any atom is -0.355 e. The highest BCUT2D eigenvalue weighted by molar-refractivity contribution is 7.99. The molecule has 0 spiro atoms. The van der Waals surface area contributed by atoms with Gasteiger partial charge in [-0.05, 0) is 42.9 Å². The molecule has 8 heteroatoms. The molecule has 2 amide bonds. The summed E-state index contributed by atoms with van der Waals surface area (Å²) < 4.78 is 0. The van der Waals surface area contributed by atoms with Gasteiger partial charge >= 0.3 is 0 Å². The first kappa shape index (κ1) is 18.9. The predicted molar refractivity (Wildman–Crippen MR) is 95.8 cm³/mol. The summed E-state index contributed by atoms with van der Waals surface area (Å²) in [6.07, 6.45) is 2.62. The molecule has 1 aromatic rings. The van der Waals surface area contributed by atoms with Gasteiger partial charge in [-0.25, -0.2) is 0 Å². The Balaban J connectivity index is 1.90. The normalized spacial score (nSPS) is 23.2. The fraction of sp³-hybridized carbons (Fsp3) is 0.438. The highest BCUT2D eigenvalue weighted by atomic mass is 35.5. The molecule has 5 nitrogen and oxygen atoms in total. The van der Waals surface area contributed by atoms with Gasteiger partial charge in [0.15, 0.2) is 0 Å². The van der Waals surface area contributed by atoms with Crippen LogP contribution in [0.15, 0.2) is 18.2 Å². The van der Waals surface area contributed by atoms with Gasteiger partial charge in [0.05, 0.1) is 17.4 Å². The maximum Gasteiger partial charge on any atom is 0.233 e. The first-order chi connectivity index (χ1) is 11.4. The molecule has 0 saturated carbocycles. The van der Waals surface area contributed by atoms with Crippen molar-refractivity contribution in [3.63, 3.8) is 0 Å². The van der Waals surface area contributed by atoms with E-state index in [9.17, 15) is 14.9 Å². The van der Waals surface area contributed by atoms with Gasteiger partial charge in [-0.2, -0.15) is 5.26 Å². The van der Waals surface area contributed by atoms with Crippen molar-refractivity contribution in [1.29, 1.82) is 5.26 Å². The van der Waals surface area contributed by atoms with E-state index in [1.165, 1.54) is 11.8 Å². The van der Waals surface area contributed by atoms with E-state index in [-0.39, 0.29) is 29.5 Å². The smallest absolute Gasteiger partial charge is 0.233 e. The second-order valence-electron chi connectivity index (χ2n) is 5.51. The van der Waals surface area contributed by atoms with Crippen LogP contribution in [0.3, 0.4) is 0 Å². The van der Waals surface area contributed by atoms with E-state index in [0.29, 0.717) is 23.0 Å². The first-order valence-electron chi connectivity index (χ1n) is 7.40. The number of benzene rings is 1. The zero-order valence-electron chi connectivity index (χ0n) is 13.0. The Bertz CT molecular complexity index is 658. The monoisotopic (exact) mass is 385 g/mol. The van der Waals surface area contributed by atoms with Crippen molar-refractivity contribution >= 4 is 46.8 Å². The number of carbonyl (C=O) groups excluding carboxylic acids is 2. The lowest BCUT2D eigenvalue weighted by molar-refractivity contribution is -0.137. The number of rotatable bonds is 5. The molecule has 2 N–H and O–H groups in total. The second kappa shape index (κ2) is 8.61. The first-order valence-corrected chi connectivity index (χ1v) is 9.44. The summed E-state index contributed by atoms with van der Waals surface area (Å²) in [6, 6.07) is 7.36. The van der Waals surface area contributed by atoms with E-state index in [4.69, 9.17) is 23.2 Å². The van der Waals surface area contributed by atoms with Crippen LogP contribution in [0.2, 0.25) is 10.0 Å². The minimum atomic E-state index is -0.832. The molecule has 0 radical (unpaired) electrons. The lowest BCUT2D eigenvalue weighted by Gasteiger charge is -2.31. The molecule has 1 fully saturated rings. The van der Waals surface area contributed by atoms with Crippen LogP contribution in [-0.2, 0) is 16.0 Å². The quantitative estimate of drug-likeness (QED) is 0.763.